The Kier molecular flexibility index (Phi) is 8.64. The zero-order chi connectivity index (χ0) is 15.8. The molecule has 0 aliphatic rings. The highest BCUT2D eigenvalue weighted by molar-refractivity contribution is 7.58. The highest BCUT2D eigenvalue weighted by Gasteiger charge is 2.48. The molecule has 0 amide bonds. The molecule has 0 saturated carbocycles. The van der Waals surface area contributed by atoms with Crippen LogP contribution in [0.1, 0.15) is 58.8 Å². The third kappa shape index (κ3) is 5.19. The lowest BCUT2D eigenvalue weighted by molar-refractivity contribution is -0.137. The van der Waals surface area contributed by atoms with Crippen molar-refractivity contribution in [1.29, 1.82) is 0 Å². The lowest BCUT2D eigenvalue weighted by Crippen LogP contribution is -2.39. The van der Waals surface area contributed by atoms with Crippen LogP contribution in [0.2, 0.25) is 0 Å². The summed E-state index contributed by atoms with van der Waals surface area (Å²) in [5.74, 6) is -0.999. The van der Waals surface area contributed by atoms with Gasteiger partial charge >= 0.3 is 5.97 Å². The largest absolute Gasteiger partial charge is 0.481 e. The summed E-state index contributed by atoms with van der Waals surface area (Å²) >= 11 is 0. The van der Waals surface area contributed by atoms with Crippen molar-refractivity contribution in [2.45, 2.75) is 63.9 Å². The van der Waals surface area contributed by atoms with Crippen LogP contribution in [-0.2, 0) is 9.36 Å². The molecule has 0 heterocycles. The summed E-state index contributed by atoms with van der Waals surface area (Å²) in [5, 5.41) is 17.2. The van der Waals surface area contributed by atoms with E-state index in [1.165, 1.54) is 6.66 Å². The number of carboxylic acid groups (broad SMARTS) is 1. The molecule has 6 heteroatoms. The van der Waals surface area contributed by atoms with Crippen molar-refractivity contribution in [2.75, 3.05) is 13.3 Å². The molecule has 0 rings (SSSR count). The van der Waals surface area contributed by atoms with Gasteiger partial charge in [-0.2, -0.15) is 0 Å². The fourth-order valence-electron chi connectivity index (χ4n) is 3.11. The average Bonchev–Trinajstić information content (AvgIpc) is 2.34. The fourth-order valence-corrected chi connectivity index (χ4v) is 5.14. The Hall–Kier alpha value is -0.380. The quantitative estimate of drug-likeness (QED) is 0.510. The molecule has 0 aromatic heterocycles. The van der Waals surface area contributed by atoms with Gasteiger partial charge in [-0.3, -0.25) is 9.36 Å². The van der Waals surface area contributed by atoms with Crippen LogP contribution in [-0.4, -0.2) is 39.5 Å². The maximum Gasteiger partial charge on any atom is 0.303 e. The Balaban J connectivity index is 5.44. The van der Waals surface area contributed by atoms with E-state index < -0.39 is 18.5 Å². The molecule has 0 spiro atoms. The summed E-state index contributed by atoms with van der Waals surface area (Å²) in [6, 6.07) is 0. The maximum atomic E-state index is 12.5. The topological polar surface area (TPSA) is 94.8 Å². The summed E-state index contributed by atoms with van der Waals surface area (Å²) in [7, 11) is -3.52. The van der Waals surface area contributed by atoms with E-state index in [0.717, 1.165) is 25.7 Å². The predicted octanol–water partition coefficient (Wildman–Crippen LogP) is 3.09. The Morgan fingerprint density at radius 1 is 1.30 bits per heavy atom. The second kappa shape index (κ2) is 8.81. The van der Waals surface area contributed by atoms with Crippen LogP contribution in [0.25, 0.3) is 0 Å². The highest BCUT2D eigenvalue weighted by atomic mass is 31.2. The van der Waals surface area contributed by atoms with Crippen LogP contribution in [0, 0.1) is 5.92 Å². The number of aliphatic hydroxyl groups excluding tert-OH is 1. The molecule has 3 atom stereocenters. The number of carbonyl (C=O) groups is 1. The van der Waals surface area contributed by atoms with Gasteiger partial charge in [-0.05, 0) is 25.2 Å². The molecular formula is C14H29O5P. The molecule has 20 heavy (non-hydrogen) atoms. The van der Waals surface area contributed by atoms with E-state index in [1.807, 2.05) is 6.92 Å². The van der Waals surface area contributed by atoms with Crippen LogP contribution in [0.5, 0.6) is 0 Å². The van der Waals surface area contributed by atoms with Gasteiger partial charge in [0.15, 0.2) is 0 Å². The maximum absolute atomic E-state index is 12.5. The summed E-state index contributed by atoms with van der Waals surface area (Å²) in [5.41, 5.74) is 0. The van der Waals surface area contributed by atoms with Crippen molar-refractivity contribution in [3.63, 3.8) is 0 Å². The molecule has 120 valence electrons. The van der Waals surface area contributed by atoms with E-state index in [0.29, 0.717) is 0 Å². The van der Waals surface area contributed by atoms with Gasteiger partial charge in [0, 0.05) is 19.7 Å². The van der Waals surface area contributed by atoms with E-state index in [1.54, 1.807) is 0 Å². The third-order valence-electron chi connectivity index (χ3n) is 4.30. The first-order valence-corrected chi connectivity index (χ1v) is 9.48. The summed E-state index contributed by atoms with van der Waals surface area (Å²) in [6.07, 6.45) is 3.65. The van der Waals surface area contributed by atoms with Crippen molar-refractivity contribution in [2.24, 2.45) is 5.92 Å². The minimum Gasteiger partial charge on any atom is -0.481 e. The molecule has 0 aromatic rings. The van der Waals surface area contributed by atoms with Crippen molar-refractivity contribution in [1.82, 2.24) is 0 Å². The Morgan fingerprint density at radius 2 is 1.90 bits per heavy atom. The first-order valence-electron chi connectivity index (χ1n) is 7.38. The lowest BCUT2D eigenvalue weighted by Gasteiger charge is -2.42. The van der Waals surface area contributed by atoms with Gasteiger partial charge in [0.1, 0.15) is 0 Å². The first kappa shape index (κ1) is 19.6. The van der Waals surface area contributed by atoms with Crippen LogP contribution in [0.3, 0.4) is 0 Å². The summed E-state index contributed by atoms with van der Waals surface area (Å²) < 4.78 is 12.5. The predicted molar refractivity (Wildman–Crippen MR) is 80.4 cm³/mol. The highest BCUT2D eigenvalue weighted by Crippen LogP contribution is 2.61. The second-order valence-electron chi connectivity index (χ2n) is 5.60. The van der Waals surface area contributed by atoms with Crippen molar-refractivity contribution >= 4 is 13.3 Å². The van der Waals surface area contributed by atoms with E-state index in [4.69, 9.17) is 5.11 Å². The number of unbranched alkanes of at least 4 members (excludes halogenated alkanes) is 1. The van der Waals surface area contributed by atoms with Crippen LogP contribution < -0.4 is 0 Å². The van der Waals surface area contributed by atoms with Gasteiger partial charge in [0.2, 0.25) is 7.37 Å². The normalized spacial score (nSPS) is 19.1. The zero-order valence-corrected chi connectivity index (χ0v) is 13.7. The SMILES string of the molecule is CCCCC(CC)C(CCO)(CCC(=O)O)P(C)(=O)O. The Bertz CT molecular complexity index is 338. The van der Waals surface area contributed by atoms with E-state index in [2.05, 4.69) is 6.92 Å². The van der Waals surface area contributed by atoms with Gasteiger partial charge in [0.05, 0.1) is 5.16 Å². The molecule has 3 unspecified atom stereocenters. The second-order valence-corrected chi connectivity index (χ2v) is 8.25. The van der Waals surface area contributed by atoms with Gasteiger partial charge in [-0.25, -0.2) is 0 Å². The fraction of sp³-hybridized carbons (Fsp3) is 0.929. The number of aliphatic carboxylic acids is 1. The van der Waals surface area contributed by atoms with Crippen molar-refractivity contribution < 1.29 is 24.5 Å². The van der Waals surface area contributed by atoms with Crippen LogP contribution in [0.4, 0.5) is 0 Å². The van der Waals surface area contributed by atoms with Gasteiger partial charge in [-0.1, -0.05) is 33.1 Å². The van der Waals surface area contributed by atoms with Crippen LogP contribution >= 0.6 is 7.37 Å². The third-order valence-corrected chi connectivity index (χ3v) is 6.77. The minimum atomic E-state index is -3.52. The standard InChI is InChI=1S/C14H29O5P/c1-4-6-7-12(5-2)14(10-11-15,20(3,18)19)9-8-13(16)17/h12,15H,4-11H2,1-3H3,(H,16,17)(H,18,19). The summed E-state index contributed by atoms with van der Waals surface area (Å²) in [4.78, 5) is 21.1. The van der Waals surface area contributed by atoms with E-state index >= 15 is 0 Å². The molecule has 0 bridgehead atoms. The number of carboxylic acids is 1. The molecule has 3 N–H and O–H groups in total. The van der Waals surface area contributed by atoms with E-state index in [-0.39, 0.29) is 31.8 Å². The number of hydrogen-bond donors (Lipinski definition) is 3. The number of hydrogen-bond acceptors (Lipinski definition) is 3. The lowest BCUT2D eigenvalue weighted by atomic mass is 9.80. The molecule has 0 aromatic carbocycles. The van der Waals surface area contributed by atoms with Gasteiger partial charge in [-0.15, -0.1) is 0 Å². The molecule has 0 radical (unpaired) electrons. The number of aliphatic hydroxyl groups is 1. The molecule has 0 aliphatic heterocycles. The molecular weight excluding hydrogens is 279 g/mol. The van der Waals surface area contributed by atoms with Gasteiger partial charge in [0.25, 0.3) is 0 Å². The zero-order valence-electron chi connectivity index (χ0n) is 12.8. The molecule has 0 aliphatic carbocycles. The number of rotatable bonds is 11. The molecule has 0 saturated heterocycles. The minimum absolute atomic E-state index is 0.0326. The Morgan fingerprint density at radius 3 is 2.25 bits per heavy atom. The average molecular weight is 308 g/mol. The van der Waals surface area contributed by atoms with Crippen molar-refractivity contribution in [3.05, 3.63) is 0 Å². The molecule has 0 fully saturated rings. The monoisotopic (exact) mass is 308 g/mol. The Labute approximate surface area is 121 Å². The van der Waals surface area contributed by atoms with Gasteiger partial charge < -0.3 is 15.1 Å². The van der Waals surface area contributed by atoms with E-state index in [9.17, 15) is 19.4 Å². The first-order chi connectivity index (χ1) is 9.25. The molecule has 5 nitrogen and oxygen atoms in total. The smallest absolute Gasteiger partial charge is 0.303 e. The van der Waals surface area contributed by atoms with Crippen LogP contribution in [0.15, 0.2) is 0 Å². The summed E-state index contributed by atoms with van der Waals surface area (Å²) in [6.45, 7) is 5.13. The van der Waals surface area contributed by atoms with Crippen molar-refractivity contribution in [3.8, 4) is 0 Å².